The van der Waals surface area contributed by atoms with E-state index in [-0.39, 0.29) is 5.37 Å². The van der Waals surface area contributed by atoms with Crippen molar-refractivity contribution in [2.45, 2.75) is 37.2 Å². The zero-order valence-corrected chi connectivity index (χ0v) is 17.1. The first-order chi connectivity index (χ1) is 13.7. The number of nitrogens with one attached hydrogen (secondary N) is 1. The molecule has 0 amide bonds. The number of aryl methyl sites for hydroxylation is 1. The molecule has 2 aromatic carbocycles. The maximum Gasteiger partial charge on any atom is 0.212 e. The Kier molecular flexibility index (Phi) is 5.43. The largest absolute Gasteiger partial charge is 0.496 e. The topological polar surface area (TPSA) is 61.2 Å². The molecule has 0 radical (unpaired) electrons. The fraction of sp³-hybridized carbons (Fsp3) is 0.333. The van der Waals surface area contributed by atoms with Gasteiger partial charge in [0.2, 0.25) is 5.16 Å². The number of hydrogen-bond donors (Lipinski definition) is 1. The van der Waals surface area contributed by atoms with Crippen molar-refractivity contribution in [3.8, 4) is 11.5 Å². The Hall–Kier alpha value is -2.67. The molecule has 28 heavy (non-hydrogen) atoms. The maximum absolute atomic E-state index is 5.79. The van der Waals surface area contributed by atoms with E-state index in [0.29, 0.717) is 6.61 Å². The SMILES string of the molecule is CCOc1cc(OC)c(C2Nn3c(Cc4ccccc4)nnc3S2)cc1CC. The van der Waals surface area contributed by atoms with Crippen molar-refractivity contribution in [1.29, 1.82) is 0 Å². The minimum atomic E-state index is 0.0101. The molecular weight excluding hydrogens is 372 g/mol. The van der Waals surface area contributed by atoms with Gasteiger partial charge in [0.1, 0.15) is 16.9 Å². The van der Waals surface area contributed by atoms with Crippen LogP contribution in [0.1, 0.15) is 41.7 Å². The molecule has 2 heterocycles. The molecule has 1 aliphatic rings. The van der Waals surface area contributed by atoms with Crippen molar-refractivity contribution in [1.82, 2.24) is 14.9 Å². The second-order valence-corrected chi connectivity index (χ2v) is 7.58. The second-order valence-electron chi connectivity index (χ2n) is 6.51. The number of ether oxygens (including phenoxy) is 2. The van der Waals surface area contributed by atoms with Crippen LogP contribution >= 0.6 is 11.8 Å². The molecule has 6 nitrogen and oxygen atoms in total. The summed E-state index contributed by atoms with van der Waals surface area (Å²) in [6, 6.07) is 14.5. The van der Waals surface area contributed by atoms with Gasteiger partial charge in [-0.25, -0.2) is 4.68 Å². The summed E-state index contributed by atoms with van der Waals surface area (Å²) in [6.07, 6.45) is 1.63. The quantitative estimate of drug-likeness (QED) is 0.646. The predicted molar refractivity (Wildman–Crippen MR) is 111 cm³/mol. The van der Waals surface area contributed by atoms with E-state index in [2.05, 4.69) is 40.7 Å². The summed E-state index contributed by atoms with van der Waals surface area (Å²) in [5.41, 5.74) is 7.00. The summed E-state index contributed by atoms with van der Waals surface area (Å²) in [6.45, 7) is 4.76. The average molecular weight is 397 g/mol. The van der Waals surface area contributed by atoms with Crippen LogP contribution < -0.4 is 14.9 Å². The smallest absolute Gasteiger partial charge is 0.212 e. The molecular formula is C21H24N4O2S. The van der Waals surface area contributed by atoms with Crippen molar-refractivity contribution in [2.75, 3.05) is 19.1 Å². The normalized spacial score (nSPS) is 15.2. The fourth-order valence-corrected chi connectivity index (χ4v) is 4.39. The number of methoxy groups -OCH3 is 1. The Bertz CT molecular complexity index is 959. The maximum atomic E-state index is 5.79. The van der Waals surface area contributed by atoms with E-state index in [4.69, 9.17) is 9.47 Å². The van der Waals surface area contributed by atoms with Crippen LogP contribution in [0.3, 0.4) is 0 Å². The Labute approximate surface area is 169 Å². The molecule has 0 saturated heterocycles. The first kappa shape index (κ1) is 18.7. The lowest BCUT2D eigenvalue weighted by Crippen LogP contribution is -2.16. The van der Waals surface area contributed by atoms with Crippen molar-refractivity contribution >= 4 is 11.8 Å². The highest BCUT2D eigenvalue weighted by Gasteiger charge is 2.30. The molecule has 1 atom stereocenters. The van der Waals surface area contributed by atoms with Crippen molar-refractivity contribution in [2.24, 2.45) is 0 Å². The minimum absolute atomic E-state index is 0.0101. The molecule has 0 fully saturated rings. The highest BCUT2D eigenvalue weighted by atomic mass is 32.2. The first-order valence-corrected chi connectivity index (χ1v) is 10.4. The van der Waals surface area contributed by atoms with Gasteiger partial charge in [0, 0.05) is 18.1 Å². The highest BCUT2D eigenvalue weighted by Crippen LogP contribution is 2.44. The van der Waals surface area contributed by atoms with E-state index in [0.717, 1.165) is 40.9 Å². The summed E-state index contributed by atoms with van der Waals surface area (Å²) >= 11 is 1.65. The van der Waals surface area contributed by atoms with Gasteiger partial charge in [-0.3, -0.25) is 0 Å². The van der Waals surface area contributed by atoms with Crippen LogP contribution in [-0.2, 0) is 12.8 Å². The lowest BCUT2D eigenvalue weighted by atomic mass is 10.1. The van der Waals surface area contributed by atoms with Gasteiger partial charge >= 0.3 is 0 Å². The first-order valence-electron chi connectivity index (χ1n) is 9.48. The van der Waals surface area contributed by atoms with E-state index in [1.807, 2.05) is 35.9 Å². The van der Waals surface area contributed by atoms with E-state index in [1.165, 1.54) is 11.1 Å². The van der Waals surface area contributed by atoms with Gasteiger partial charge < -0.3 is 14.9 Å². The Morgan fingerprint density at radius 2 is 1.93 bits per heavy atom. The highest BCUT2D eigenvalue weighted by molar-refractivity contribution is 7.99. The van der Waals surface area contributed by atoms with Gasteiger partial charge in [-0.1, -0.05) is 49.0 Å². The van der Waals surface area contributed by atoms with Crippen molar-refractivity contribution in [3.05, 3.63) is 65.0 Å². The summed E-state index contributed by atoms with van der Waals surface area (Å²) in [4.78, 5) is 0. The van der Waals surface area contributed by atoms with Crippen LogP contribution in [-0.4, -0.2) is 28.6 Å². The third kappa shape index (κ3) is 3.54. The number of aromatic nitrogens is 3. The van der Waals surface area contributed by atoms with Gasteiger partial charge in [0.15, 0.2) is 5.82 Å². The fourth-order valence-electron chi connectivity index (χ4n) is 3.35. The van der Waals surface area contributed by atoms with Crippen LogP contribution in [0.25, 0.3) is 0 Å². The molecule has 1 N–H and O–H groups in total. The standard InChI is InChI=1S/C21H24N4O2S/c1-4-15-12-16(18(26-3)13-17(15)27-5-2)20-24-25-19(22-23-21(25)28-20)11-14-9-7-6-8-10-14/h6-10,12-13,20,24H,4-5,11H2,1-3H3. The minimum Gasteiger partial charge on any atom is -0.496 e. The number of hydrogen-bond acceptors (Lipinski definition) is 6. The van der Waals surface area contributed by atoms with Crippen LogP contribution in [0.15, 0.2) is 47.6 Å². The summed E-state index contributed by atoms with van der Waals surface area (Å²) in [5.74, 6) is 2.60. The Morgan fingerprint density at radius 3 is 2.64 bits per heavy atom. The molecule has 0 spiro atoms. The lowest BCUT2D eigenvalue weighted by molar-refractivity contribution is 0.332. The van der Waals surface area contributed by atoms with Gasteiger partial charge in [-0.05, 0) is 30.5 Å². The monoisotopic (exact) mass is 396 g/mol. The van der Waals surface area contributed by atoms with Crippen molar-refractivity contribution < 1.29 is 9.47 Å². The average Bonchev–Trinajstić information content (AvgIpc) is 3.30. The molecule has 7 heteroatoms. The second kappa shape index (κ2) is 8.14. The van der Waals surface area contributed by atoms with E-state index >= 15 is 0 Å². The van der Waals surface area contributed by atoms with Crippen LogP contribution in [0.5, 0.6) is 11.5 Å². The molecule has 3 aromatic rings. The number of benzene rings is 2. The van der Waals surface area contributed by atoms with Crippen molar-refractivity contribution in [3.63, 3.8) is 0 Å². The molecule has 146 valence electrons. The number of fused-ring (bicyclic) bond motifs is 1. The molecule has 4 rings (SSSR count). The van der Waals surface area contributed by atoms with Gasteiger partial charge in [-0.15, -0.1) is 10.2 Å². The zero-order valence-electron chi connectivity index (χ0n) is 16.3. The third-order valence-corrected chi connectivity index (χ3v) is 5.82. The van der Waals surface area contributed by atoms with Crippen LogP contribution in [0.2, 0.25) is 0 Å². The number of thioether (sulfide) groups is 1. The Morgan fingerprint density at radius 1 is 1.11 bits per heavy atom. The van der Waals surface area contributed by atoms with E-state index < -0.39 is 0 Å². The zero-order chi connectivity index (χ0) is 19.5. The van der Waals surface area contributed by atoms with Gasteiger partial charge in [-0.2, -0.15) is 0 Å². The molecule has 0 bridgehead atoms. The van der Waals surface area contributed by atoms with E-state index in [1.54, 1.807) is 18.9 Å². The van der Waals surface area contributed by atoms with Crippen LogP contribution in [0, 0.1) is 0 Å². The number of rotatable bonds is 7. The van der Waals surface area contributed by atoms with Gasteiger partial charge in [0.05, 0.1) is 13.7 Å². The molecule has 1 unspecified atom stereocenters. The molecule has 0 saturated carbocycles. The Balaban J connectivity index is 1.61. The molecule has 1 aromatic heterocycles. The number of nitrogens with zero attached hydrogens (tertiary/aromatic N) is 3. The third-order valence-electron chi connectivity index (χ3n) is 4.75. The van der Waals surface area contributed by atoms with Gasteiger partial charge in [0.25, 0.3) is 0 Å². The summed E-state index contributed by atoms with van der Waals surface area (Å²) in [7, 11) is 1.70. The lowest BCUT2D eigenvalue weighted by Gasteiger charge is -2.19. The summed E-state index contributed by atoms with van der Waals surface area (Å²) in [5, 5.41) is 9.59. The molecule has 0 aliphatic carbocycles. The molecule has 1 aliphatic heterocycles. The van der Waals surface area contributed by atoms with E-state index in [9.17, 15) is 0 Å². The summed E-state index contributed by atoms with van der Waals surface area (Å²) < 4.78 is 13.4. The van der Waals surface area contributed by atoms with Crippen LogP contribution in [0.4, 0.5) is 0 Å². The predicted octanol–water partition coefficient (Wildman–Crippen LogP) is 4.19.